The zero-order valence-corrected chi connectivity index (χ0v) is 9.93. The molecule has 3 rings (SSSR count). The van der Waals surface area contributed by atoms with E-state index in [0.717, 1.165) is 23.1 Å². The van der Waals surface area contributed by atoms with Gasteiger partial charge in [-0.1, -0.05) is 6.92 Å². The highest BCUT2D eigenvalue weighted by Gasteiger charge is 2.17. The van der Waals surface area contributed by atoms with Gasteiger partial charge in [0.15, 0.2) is 5.76 Å². The van der Waals surface area contributed by atoms with Crippen LogP contribution in [0.2, 0.25) is 0 Å². The highest BCUT2D eigenvalue weighted by Crippen LogP contribution is 2.21. The Balaban J connectivity index is 2.06. The minimum atomic E-state index is -0.117. The van der Waals surface area contributed by atoms with Crippen LogP contribution in [-0.4, -0.2) is 15.8 Å². The van der Waals surface area contributed by atoms with Gasteiger partial charge in [0, 0.05) is 35.9 Å². The number of nitrogens with one attached hydrogen (secondary N) is 1. The Bertz CT molecular complexity index is 709. The fourth-order valence-electron chi connectivity index (χ4n) is 1.97. The number of pyridine rings is 1. The Labute approximate surface area is 104 Å². The molecule has 3 aromatic heterocycles. The van der Waals surface area contributed by atoms with Crippen molar-refractivity contribution in [3.05, 3.63) is 53.9 Å². The lowest BCUT2D eigenvalue weighted by Crippen LogP contribution is -1.98. The van der Waals surface area contributed by atoms with Gasteiger partial charge >= 0.3 is 0 Å². The predicted molar refractivity (Wildman–Crippen MR) is 67.6 cm³/mol. The molecule has 0 saturated heterocycles. The average molecular weight is 240 g/mol. The van der Waals surface area contributed by atoms with Crippen LogP contribution in [0.4, 0.5) is 0 Å². The summed E-state index contributed by atoms with van der Waals surface area (Å²) >= 11 is 0. The maximum atomic E-state index is 12.3. The van der Waals surface area contributed by atoms with Crippen molar-refractivity contribution >= 4 is 16.7 Å². The number of hydrogen-bond donors (Lipinski definition) is 1. The zero-order valence-electron chi connectivity index (χ0n) is 9.93. The normalized spacial score (nSPS) is 10.9. The van der Waals surface area contributed by atoms with Crippen LogP contribution in [0.3, 0.4) is 0 Å². The van der Waals surface area contributed by atoms with Crippen molar-refractivity contribution < 1.29 is 9.21 Å². The molecule has 0 spiro atoms. The van der Waals surface area contributed by atoms with E-state index >= 15 is 0 Å². The number of nitrogens with zero attached hydrogens (tertiary/aromatic N) is 1. The maximum absolute atomic E-state index is 12.3. The summed E-state index contributed by atoms with van der Waals surface area (Å²) in [7, 11) is 0. The number of aryl methyl sites for hydroxylation is 1. The lowest BCUT2D eigenvalue weighted by atomic mass is 10.1. The fourth-order valence-corrected chi connectivity index (χ4v) is 1.97. The molecule has 0 aliphatic heterocycles. The third kappa shape index (κ3) is 1.62. The van der Waals surface area contributed by atoms with Gasteiger partial charge in [-0.2, -0.15) is 0 Å². The topological polar surface area (TPSA) is 58.9 Å². The summed E-state index contributed by atoms with van der Waals surface area (Å²) in [6, 6.07) is 5.39. The molecule has 18 heavy (non-hydrogen) atoms. The number of aromatic nitrogens is 2. The molecule has 0 saturated carbocycles. The molecule has 1 N–H and O–H groups in total. The minimum Gasteiger partial charge on any atom is -0.458 e. The number of ketones is 1. The number of furan rings is 1. The summed E-state index contributed by atoms with van der Waals surface area (Å²) in [6.45, 7) is 1.99. The quantitative estimate of drug-likeness (QED) is 0.716. The third-order valence-corrected chi connectivity index (χ3v) is 2.96. The van der Waals surface area contributed by atoms with Crippen molar-refractivity contribution in [1.29, 1.82) is 0 Å². The Kier molecular flexibility index (Phi) is 2.48. The predicted octanol–water partition coefficient (Wildman–Crippen LogP) is 2.95. The fraction of sp³-hybridized carbons (Fsp3) is 0.143. The molecule has 3 heterocycles. The summed E-state index contributed by atoms with van der Waals surface area (Å²) in [4.78, 5) is 19.4. The van der Waals surface area contributed by atoms with Crippen LogP contribution >= 0.6 is 0 Å². The number of fused-ring (bicyclic) bond motifs is 1. The highest BCUT2D eigenvalue weighted by atomic mass is 16.3. The Hall–Kier alpha value is -2.36. The van der Waals surface area contributed by atoms with Gasteiger partial charge < -0.3 is 9.40 Å². The molecule has 0 radical (unpaired) electrons. The van der Waals surface area contributed by atoms with Gasteiger partial charge in [0.05, 0.1) is 5.56 Å². The second kappa shape index (κ2) is 4.14. The molecule has 4 nitrogen and oxygen atoms in total. The number of carbonyl (C=O) groups is 1. The van der Waals surface area contributed by atoms with Gasteiger partial charge in [0.2, 0.25) is 5.78 Å². The number of rotatable bonds is 3. The average Bonchev–Trinajstić information content (AvgIpc) is 3.04. The lowest BCUT2D eigenvalue weighted by Gasteiger charge is -1.95. The van der Waals surface area contributed by atoms with Crippen molar-refractivity contribution in [2.24, 2.45) is 0 Å². The van der Waals surface area contributed by atoms with Gasteiger partial charge in [-0.15, -0.1) is 0 Å². The first-order chi connectivity index (χ1) is 8.79. The summed E-state index contributed by atoms with van der Waals surface area (Å²) in [5.74, 6) is 1.07. The molecular weight excluding hydrogens is 228 g/mol. The number of H-pyrrole nitrogens is 1. The Morgan fingerprint density at radius 2 is 2.28 bits per heavy atom. The van der Waals surface area contributed by atoms with Crippen LogP contribution < -0.4 is 0 Å². The number of hydrogen-bond acceptors (Lipinski definition) is 3. The molecule has 0 amide bonds. The van der Waals surface area contributed by atoms with Crippen molar-refractivity contribution in [1.82, 2.24) is 9.97 Å². The van der Waals surface area contributed by atoms with Gasteiger partial charge in [0.1, 0.15) is 5.76 Å². The van der Waals surface area contributed by atoms with E-state index in [9.17, 15) is 4.79 Å². The second-order valence-corrected chi connectivity index (χ2v) is 4.07. The van der Waals surface area contributed by atoms with Gasteiger partial charge in [-0.3, -0.25) is 9.78 Å². The summed E-state index contributed by atoms with van der Waals surface area (Å²) < 4.78 is 5.48. The standard InChI is InChI=1S/C14H12N2O2/c1-2-9-3-4-13(18-9)14(17)11-8-16-12-5-6-15-7-10(11)12/h3-8,16H,2H2,1H3. The molecular formula is C14H12N2O2. The molecule has 3 aromatic rings. The number of aromatic amines is 1. The van der Waals surface area contributed by atoms with Crippen LogP contribution in [0, 0.1) is 0 Å². The zero-order chi connectivity index (χ0) is 12.5. The molecule has 0 aliphatic rings. The minimum absolute atomic E-state index is 0.117. The van der Waals surface area contributed by atoms with Crippen LogP contribution in [0.5, 0.6) is 0 Å². The second-order valence-electron chi connectivity index (χ2n) is 4.07. The van der Waals surface area contributed by atoms with Crippen molar-refractivity contribution in [3.8, 4) is 0 Å². The summed E-state index contributed by atoms with van der Waals surface area (Å²) in [5, 5.41) is 0.817. The van der Waals surface area contributed by atoms with Gasteiger partial charge in [-0.25, -0.2) is 0 Å². The Morgan fingerprint density at radius 3 is 3.06 bits per heavy atom. The monoisotopic (exact) mass is 240 g/mol. The third-order valence-electron chi connectivity index (χ3n) is 2.96. The SMILES string of the molecule is CCc1ccc(C(=O)c2c[nH]c3ccncc23)o1. The van der Waals surface area contributed by atoms with E-state index in [1.54, 1.807) is 24.7 Å². The summed E-state index contributed by atoms with van der Waals surface area (Å²) in [5.41, 5.74) is 1.49. The Morgan fingerprint density at radius 1 is 1.39 bits per heavy atom. The van der Waals surface area contributed by atoms with Crippen LogP contribution in [0.15, 0.2) is 41.2 Å². The van der Waals surface area contributed by atoms with Crippen molar-refractivity contribution in [3.63, 3.8) is 0 Å². The smallest absolute Gasteiger partial charge is 0.230 e. The van der Waals surface area contributed by atoms with E-state index < -0.39 is 0 Å². The lowest BCUT2D eigenvalue weighted by molar-refractivity contribution is 0.101. The van der Waals surface area contributed by atoms with Crippen LogP contribution in [0.1, 0.15) is 28.8 Å². The van der Waals surface area contributed by atoms with E-state index in [0.29, 0.717) is 11.3 Å². The highest BCUT2D eigenvalue weighted by molar-refractivity contribution is 6.14. The van der Waals surface area contributed by atoms with E-state index in [2.05, 4.69) is 9.97 Å². The number of carbonyl (C=O) groups excluding carboxylic acids is 1. The van der Waals surface area contributed by atoms with Crippen LogP contribution in [0.25, 0.3) is 10.9 Å². The maximum Gasteiger partial charge on any atom is 0.230 e. The first-order valence-electron chi connectivity index (χ1n) is 5.84. The van der Waals surface area contributed by atoms with Crippen molar-refractivity contribution in [2.75, 3.05) is 0 Å². The molecule has 0 aliphatic carbocycles. The molecule has 0 fully saturated rings. The summed E-state index contributed by atoms with van der Waals surface area (Å²) in [6.07, 6.45) is 5.85. The van der Waals surface area contributed by atoms with Crippen LogP contribution in [-0.2, 0) is 6.42 Å². The van der Waals surface area contributed by atoms with E-state index in [1.807, 2.05) is 19.1 Å². The van der Waals surface area contributed by atoms with Gasteiger partial charge in [-0.05, 0) is 18.2 Å². The molecule has 0 aromatic carbocycles. The van der Waals surface area contributed by atoms with Crippen molar-refractivity contribution in [2.45, 2.75) is 13.3 Å². The molecule has 0 atom stereocenters. The molecule has 0 unspecified atom stereocenters. The first kappa shape index (κ1) is 10.8. The molecule has 4 heteroatoms. The van der Waals surface area contributed by atoms with Gasteiger partial charge in [0.25, 0.3) is 0 Å². The molecule has 0 bridgehead atoms. The molecule has 90 valence electrons. The largest absolute Gasteiger partial charge is 0.458 e. The first-order valence-corrected chi connectivity index (χ1v) is 5.84. The van der Waals surface area contributed by atoms with E-state index in [-0.39, 0.29) is 5.78 Å². The van der Waals surface area contributed by atoms with E-state index in [1.165, 1.54) is 0 Å². The van der Waals surface area contributed by atoms with E-state index in [4.69, 9.17) is 4.42 Å².